The molecule has 2 heterocycles. The van der Waals surface area contributed by atoms with Gasteiger partial charge in [-0.25, -0.2) is 8.42 Å². The number of benzene rings is 1. The van der Waals surface area contributed by atoms with Gasteiger partial charge in [0, 0.05) is 0 Å². The smallest absolute Gasteiger partial charge is 0.261 e. The van der Waals surface area contributed by atoms with Gasteiger partial charge in [0.05, 0.1) is 31.9 Å². The Kier molecular flexibility index (Phi) is 5.26. The molecule has 0 fully saturated rings. The van der Waals surface area contributed by atoms with E-state index in [0.29, 0.717) is 16.9 Å². The van der Waals surface area contributed by atoms with Crippen molar-refractivity contribution in [2.24, 2.45) is 0 Å². The third kappa shape index (κ3) is 4.10. The van der Waals surface area contributed by atoms with E-state index in [1.165, 1.54) is 11.3 Å². The van der Waals surface area contributed by atoms with Gasteiger partial charge in [-0.2, -0.15) is 0 Å². The average Bonchev–Trinajstić information content (AvgIpc) is 3.02. The second-order valence-electron chi connectivity index (χ2n) is 5.55. The molecule has 2 N–H and O–H groups in total. The standard InChI is InChI=1S/C16H15BrN2O4S2/c17-14-6-5-12(24-14)16(21)18-9-15(20)19-11-7-8-25(22,23)13-4-2-1-3-10(11)13/h1-6,11H,7-9H2,(H,18,21)(H,19,20). The summed E-state index contributed by atoms with van der Waals surface area (Å²) in [4.78, 5) is 24.9. The summed E-state index contributed by atoms with van der Waals surface area (Å²) in [5, 5.41) is 5.36. The molecule has 9 heteroatoms. The molecule has 0 aliphatic carbocycles. The van der Waals surface area contributed by atoms with Gasteiger partial charge >= 0.3 is 0 Å². The molecule has 132 valence electrons. The van der Waals surface area contributed by atoms with Crippen LogP contribution in [0.25, 0.3) is 0 Å². The minimum Gasteiger partial charge on any atom is -0.348 e. The van der Waals surface area contributed by atoms with Crippen LogP contribution in [-0.4, -0.2) is 32.5 Å². The van der Waals surface area contributed by atoms with Crippen LogP contribution in [0.1, 0.15) is 27.7 Å². The molecule has 1 atom stereocenters. The Balaban J connectivity index is 1.63. The number of sulfone groups is 1. The molecule has 0 saturated heterocycles. The first-order chi connectivity index (χ1) is 11.9. The number of hydrogen-bond acceptors (Lipinski definition) is 5. The quantitative estimate of drug-likeness (QED) is 0.759. The molecule has 0 spiro atoms. The zero-order chi connectivity index (χ0) is 18.0. The summed E-state index contributed by atoms with van der Waals surface area (Å²) in [6.45, 7) is -0.167. The highest BCUT2D eigenvalue weighted by molar-refractivity contribution is 9.11. The second-order valence-corrected chi connectivity index (χ2v) is 10.1. The van der Waals surface area contributed by atoms with E-state index in [1.54, 1.807) is 36.4 Å². The highest BCUT2D eigenvalue weighted by atomic mass is 79.9. The van der Waals surface area contributed by atoms with Gasteiger partial charge in [0.15, 0.2) is 9.84 Å². The van der Waals surface area contributed by atoms with E-state index in [0.717, 1.165) is 3.79 Å². The van der Waals surface area contributed by atoms with E-state index in [2.05, 4.69) is 26.6 Å². The van der Waals surface area contributed by atoms with E-state index < -0.39 is 9.84 Å². The minimum atomic E-state index is -3.29. The normalized spacial score (nSPS) is 18.2. The van der Waals surface area contributed by atoms with Crippen molar-refractivity contribution in [3.63, 3.8) is 0 Å². The van der Waals surface area contributed by atoms with E-state index >= 15 is 0 Å². The van der Waals surface area contributed by atoms with Crippen LogP contribution in [0, 0.1) is 0 Å². The SMILES string of the molecule is O=C(CNC(=O)c1ccc(Br)s1)NC1CCS(=O)(=O)c2ccccc21. The Morgan fingerprint density at radius 2 is 1.96 bits per heavy atom. The Labute approximate surface area is 157 Å². The fourth-order valence-corrected chi connectivity index (χ4v) is 5.59. The maximum atomic E-state index is 12.1. The summed E-state index contributed by atoms with van der Waals surface area (Å²) in [6.07, 6.45) is 0.316. The van der Waals surface area contributed by atoms with Gasteiger partial charge in [-0.1, -0.05) is 18.2 Å². The maximum Gasteiger partial charge on any atom is 0.261 e. The van der Waals surface area contributed by atoms with Crippen molar-refractivity contribution in [3.05, 3.63) is 50.6 Å². The zero-order valence-corrected chi connectivity index (χ0v) is 16.2. The van der Waals surface area contributed by atoms with Gasteiger partial charge in [0.1, 0.15) is 0 Å². The number of amides is 2. The van der Waals surface area contributed by atoms with Gasteiger partial charge in [-0.3, -0.25) is 9.59 Å². The first-order valence-electron chi connectivity index (χ1n) is 7.51. The van der Waals surface area contributed by atoms with Crippen LogP contribution < -0.4 is 10.6 Å². The molecule has 1 aliphatic rings. The molecule has 25 heavy (non-hydrogen) atoms. The van der Waals surface area contributed by atoms with Gasteiger partial charge in [-0.15, -0.1) is 11.3 Å². The summed E-state index contributed by atoms with van der Waals surface area (Å²) >= 11 is 4.56. The molecule has 2 aromatic rings. The van der Waals surface area contributed by atoms with Crippen molar-refractivity contribution in [2.75, 3.05) is 12.3 Å². The van der Waals surface area contributed by atoms with Gasteiger partial charge < -0.3 is 10.6 Å². The van der Waals surface area contributed by atoms with Crippen LogP contribution in [0.2, 0.25) is 0 Å². The zero-order valence-electron chi connectivity index (χ0n) is 13.0. The summed E-state index contributed by atoms with van der Waals surface area (Å²) in [5.41, 5.74) is 0.593. The predicted molar refractivity (Wildman–Crippen MR) is 98.3 cm³/mol. The number of carbonyl (C=O) groups is 2. The second kappa shape index (κ2) is 7.27. The molecule has 0 radical (unpaired) electrons. The number of thiophene rings is 1. The Hall–Kier alpha value is -1.71. The summed E-state index contributed by atoms with van der Waals surface area (Å²) < 4.78 is 25.0. The molecule has 1 aromatic carbocycles. The molecular weight excluding hydrogens is 428 g/mol. The predicted octanol–water partition coefficient (Wildman–Crippen LogP) is 2.28. The minimum absolute atomic E-state index is 0.00938. The van der Waals surface area contributed by atoms with Gasteiger partial charge in [0.2, 0.25) is 5.91 Å². The van der Waals surface area contributed by atoms with Gasteiger partial charge in [0.25, 0.3) is 5.91 Å². The topological polar surface area (TPSA) is 92.3 Å². The van der Waals surface area contributed by atoms with Crippen LogP contribution in [-0.2, 0) is 14.6 Å². The number of halogens is 1. The third-order valence-electron chi connectivity index (χ3n) is 3.85. The van der Waals surface area contributed by atoms with E-state index in [1.807, 2.05) is 0 Å². The molecule has 3 rings (SSSR count). The summed E-state index contributed by atoms with van der Waals surface area (Å²) in [6, 6.07) is 9.73. The summed E-state index contributed by atoms with van der Waals surface area (Å²) in [5.74, 6) is -0.689. The largest absolute Gasteiger partial charge is 0.348 e. The van der Waals surface area contributed by atoms with Gasteiger partial charge in [-0.05, 0) is 46.1 Å². The van der Waals surface area contributed by atoms with Crippen molar-refractivity contribution >= 4 is 48.9 Å². The summed E-state index contributed by atoms with van der Waals surface area (Å²) in [7, 11) is -3.29. The van der Waals surface area contributed by atoms with Crippen molar-refractivity contribution in [1.82, 2.24) is 10.6 Å². The molecular formula is C16H15BrN2O4S2. The Morgan fingerprint density at radius 3 is 2.68 bits per heavy atom. The Morgan fingerprint density at radius 1 is 1.20 bits per heavy atom. The molecule has 1 aromatic heterocycles. The Bertz CT molecular complexity index is 924. The fourth-order valence-electron chi connectivity index (χ4n) is 2.67. The van der Waals surface area contributed by atoms with Crippen molar-refractivity contribution in [2.45, 2.75) is 17.4 Å². The van der Waals surface area contributed by atoms with Crippen LogP contribution in [0.4, 0.5) is 0 Å². The molecule has 2 amide bonds. The number of carbonyl (C=O) groups excluding carboxylic acids is 2. The number of fused-ring (bicyclic) bond motifs is 1. The first-order valence-corrected chi connectivity index (χ1v) is 10.8. The molecule has 1 aliphatic heterocycles. The average molecular weight is 443 g/mol. The number of hydrogen-bond donors (Lipinski definition) is 2. The van der Waals surface area contributed by atoms with Crippen molar-refractivity contribution in [1.29, 1.82) is 0 Å². The molecule has 1 unspecified atom stereocenters. The lowest BCUT2D eigenvalue weighted by molar-refractivity contribution is -0.120. The highest BCUT2D eigenvalue weighted by Gasteiger charge is 2.30. The lowest BCUT2D eigenvalue weighted by Crippen LogP contribution is -2.40. The lowest BCUT2D eigenvalue weighted by Gasteiger charge is -2.26. The monoisotopic (exact) mass is 442 g/mol. The fraction of sp³-hybridized carbons (Fsp3) is 0.250. The first kappa shape index (κ1) is 18.1. The van der Waals surface area contributed by atoms with E-state index in [4.69, 9.17) is 0 Å². The number of rotatable bonds is 4. The lowest BCUT2D eigenvalue weighted by atomic mass is 10.0. The van der Waals surface area contributed by atoms with Crippen molar-refractivity contribution in [3.8, 4) is 0 Å². The van der Waals surface area contributed by atoms with Crippen LogP contribution >= 0.6 is 27.3 Å². The van der Waals surface area contributed by atoms with E-state index in [9.17, 15) is 18.0 Å². The van der Waals surface area contributed by atoms with Crippen LogP contribution in [0.3, 0.4) is 0 Å². The van der Waals surface area contributed by atoms with Crippen molar-refractivity contribution < 1.29 is 18.0 Å². The molecule has 0 bridgehead atoms. The van der Waals surface area contributed by atoms with Crippen LogP contribution in [0.5, 0.6) is 0 Å². The molecule has 0 saturated carbocycles. The maximum absolute atomic E-state index is 12.1. The molecule has 6 nitrogen and oxygen atoms in total. The number of nitrogens with one attached hydrogen (secondary N) is 2. The highest BCUT2D eigenvalue weighted by Crippen LogP contribution is 2.31. The third-order valence-corrected chi connectivity index (χ3v) is 7.28. The van der Waals surface area contributed by atoms with E-state index in [-0.39, 0.29) is 35.0 Å². The van der Waals surface area contributed by atoms with Crippen LogP contribution in [0.15, 0.2) is 45.1 Å².